The van der Waals surface area contributed by atoms with E-state index in [0.717, 1.165) is 56.1 Å². The minimum atomic E-state index is 0.133. The van der Waals surface area contributed by atoms with E-state index in [1.165, 1.54) is 18.5 Å². The van der Waals surface area contributed by atoms with Gasteiger partial charge < -0.3 is 9.80 Å². The molecule has 2 aliphatic heterocycles. The third-order valence-corrected chi connectivity index (χ3v) is 5.51. The van der Waals surface area contributed by atoms with Crippen molar-refractivity contribution in [1.82, 2.24) is 14.9 Å². The Balaban J connectivity index is 1.45. The average Bonchev–Trinajstić information content (AvgIpc) is 3.22. The SMILES string of the molecule is Cc1nccc([C@@H]2CCCN(C(=O)c3ccc(N4CCCC4)cc3)C2)n1. The Labute approximate surface area is 155 Å². The molecule has 136 valence electrons. The number of nitrogens with zero attached hydrogens (tertiary/aromatic N) is 4. The van der Waals surface area contributed by atoms with Crippen LogP contribution in [-0.2, 0) is 0 Å². The molecule has 0 aliphatic carbocycles. The van der Waals surface area contributed by atoms with Gasteiger partial charge in [-0.1, -0.05) is 0 Å². The van der Waals surface area contributed by atoms with Crippen molar-refractivity contribution < 1.29 is 4.79 Å². The summed E-state index contributed by atoms with van der Waals surface area (Å²) in [5, 5.41) is 0. The molecule has 2 saturated heterocycles. The predicted octanol–water partition coefficient (Wildman–Crippen LogP) is 3.41. The molecule has 0 radical (unpaired) electrons. The van der Waals surface area contributed by atoms with Crippen LogP contribution in [0.5, 0.6) is 0 Å². The van der Waals surface area contributed by atoms with Crippen molar-refractivity contribution in [2.45, 2.75) is 38.5 Å². The van der Waals surface area contributed by atoms with Crippen molar-refractivity contribution >= 4 is 11.6 Å². The van der Waals surface area contributed by atoms with Crippen molar-refractivity contribution in [1.29, 1.82) is 0 Å². The molecule has 0 unspecified atom stereocenters. The summed E-state index contributed by atoms with van der Waals surface area (Å²) < 4.78 is 0. The smallest absolute Gasteiger partial charge is 0.253 e. The first kappa shape index (κ1) is 17.0. The van der Waals surface area contributed by atoms with Crippen LogP contribution < -0.4 is 4.90 Å². The number of rotatable bonds is 3. The van der Waals surface area contributed by atoms with Crippen molar-refractivity contribution in [3.8, 4) is 0 Å². The Morgan fingerprint density at radius 1 is 1.04 bits per heavy atom. The molecule has 0 saturated carbocycles. The predicted molar refractivity (Wildman–Crippen MR) is 103 cm³/mol. The summed E-state index contributed by atoms with van der Waals surface area (Å²) in [5.41, 5.74) is 3.07. The first-order valence-electron chi connectivity index (χ1n) is 9.64. The second kappa shape index (κ2) is 7.44. The highest BCUT2D eigenvalue weighted by Crippen LogP contribution is 2.27. The van der Waals surface area contributed by atoms with E-state index in [0.29, 0.717) is 5.92 Å². The molecule has 4 rings (SSSR count). The minimum absolute atomic E-state index is 0.133. The van der Waals surface area contributed by atoms with Gasteiger partial charge >= 0.3 is 0 Å². The van der Waals surface area contributed by atoms with Crippen molar-refractivity contribution in [3.05, 3.63) is 53.6 Å². The fourth-order valence-corrected chi connectivity index (χ4v) is 4.08. The van der Waals surface area contributed by atoms with E-state index < -0.39 is 0 Å². The van der Waals surface area contributed by atoms with Gasteiger partial charge in [0.05, 0.1) is 0 Å². The van der Waals surface area contributed by atoms with Gasteiger partial charge in [0.15, 0.2) is 0 Å². The van der Waals surface area contributed by atoms with Crippen molar-refractivity contribution in [3.63, 3.8) is 0 Å². The molecular formula is C21H26N4O. The Kier molecular flexibility index (Phi) is 4.87. The molecule has 2 aromatic rings. The molecule has 1 aromatic carbocycles. The van der Waals surface area contributed by atoms with Gasteiger partial charge in [0.25, 0.3) is 5.91 Å². The zero-order valence-corrected chi connectivity index (χ0v) is 15.4. The highest BCUT2D eigenvalue weighted by Gasteiger charge is 2.26. The molecule has 5 heteroatoms. The average molecular weight is 350 g/mol. The number of amides is 1. The molecule has 0 spiro atoms. The summed E-state index contributed by atoms with van der Waals surface area (Å²) in [6.07, 6.45) is 6.44. The topological polar surface area (TPSA) is 49.3 Å². The third kappa shape index (κ3) is 3.57. The number of anilines is 1. The third-order valence-electron chi connectivity index (χ3n) is 5.51. The highest BCUT2D eigenvalue weighted by atomic mass is 16.2. The zero-order chi connectivity index (χ0) is 17.9. The van der Waals surface area contributed by atoms with Gasteiger partial charge in [-0.3, -0.25) is 4.79 Å². The Morgan fingerprint density at radius 3 is 2.54 bits per heavy atom. The first-order valence-corrected chi connectivity index (χ1v) is 9.64. The number of hydrogen-bond donors (Lipinski definition) is 0. The lowest BCUT2D eigenvalue weighted by Crippen LogP contribution is -2.39. The molecule has 0 N–H and O–H groups in total. The fraction of sp³-hybridized carbons (Fsp3) is 0.476. The van der Waals surface area contributed by atoms with Crippen LogP contribution in [0.1, 0.15) is 53.5 Å². The van der Waals surface area contributed by atoms with Gasteiger partial charge in [-0.2, -0.15) is 0 Å². The summed E-state index contributed by atoms with van der Waals surface area (Å²) in [6.45, 7) is 5.73. The number of carbonyl (C=O) groups excluding carboxylic acids is 1. The summed E-state index contributed by atoms with van der Waals surface area (Å²) in [5.74, 6) is 1.23. The van der Waals surface area contributed by atoms with Crippen LogP contribution in [0.3, 0.4) is 0 Å². The molecule has 1 atom stereocenters. The number of aryl methyl sites for hydroxylation is 1. The Bertz CT molecular complexity index is 768. The largest absolute Gasteiger partial charge is 0.372 e. The number of hydrogen-bond acceptors (Lipinski definition) is 4. The van der Waals surface area contributed by atoms with E-state index in [2.05, 4.69) is 27.0 Å². The van der Waals surface area contributed by atoms with E-state index in [1.54, 1.807) is 0 Å². The number of carbonyl (C=O) groups is 1. The summed E-state index contributed by atoms with van der Waals surface area (Å²) in [6, 6.07) is 10.1. The fourth-order valence-electron chi connectivity index (χ4n) is 4.08. The van der Waals surface area contributed by atoms with Crippen LogP contribution in [0, 0.1) is 6.92 Å². The van der Waals surface area contributed by atoms with Gasteiger partial charge in [-0.05, 0) is 62.9 Å². The maximum atomic E-state index is 13.0. The van der Waals surface area contributed by atoms with E-state index in [4.69, 9.17) is 0 Å². The monoisotopic (exact) mass is 350 g/mol. The van der Waals surface area contributed by atoms with E-state index >= 15 is 0 Å². The van der Waals surface area contributed by atoms with Crippen LogP contribution in [0.25, 0.3) is 0 Å². The number of piperidine rings is 1. The Morgan fingerprint density at radius 2 is 1.81 bits per heavy atom. The van der Waals surface area contributed by atoms with Crippen LogP contribution in [0.15, 0.2) is 36.5 Å². The quantitative estimate of drug-likeness (QED) is 0.851. The summed E-state index contributed by atoms with van der Waals surface area (Å²) in [7, 11) is 0. The van der Waals surface area contributed by atoms with Gasteiger partial charge in [0.2, 0.25) is 0 Å². The molecule has 0 bridgehead atoms. The maximum absolute atomic E-state index is 13.0. The van der Waals surface area contributed by atoms with Crippen molar-refractivity contribution in [2.75, 3.05) is 31.1 Å². The van der Waals surface area contributed by atoms with Gasteiger partial charge in [0.1, 0.15) is 5.82 Å². The molecule has 1 aromatic heterocycles. The van der Waals surface area contributed by atoms with E-state index in [9.17, 15) is 4.79 Å². The second-order valence-corrected chi connectivity index (χ2v) is 7.36. The standard InChI is InChI=1S/C21H26N4O/c1-16-22-11-10-20(23-16)18-5-4-14-25(15-18)21(26)17-6-8-19(9-7-17)24-12-2-3-13-24/h6-11,18H,2-5,12-15H2,1H3/t18-/m1/s1. The van der Waals surface area contributed by atoms with Crippen LogP contribution in [-0.4, -0.2) is 47.0 Å². The summed E-state index contributed by atoms with van der Waals surface area (Å²) >= 11 is 0. The molecule has 5 nitrogen and oxygen atoms in total. The zero-order valence-electron chi connectivity index (χ0n) is 15.4. The van der Waals surface area contributed by atoms with Crippen molar-refractivity contribution in [2.24, 2.45) is 0 Å². The second-order valence-electron chi connectivity index (χ2n) is 7.36. The summed E-state index contributed by atoms with van der Waals surface area (Å²) in [4.78, 5) is 26.1. The molecule has 1 amide bonds. The maximum Gasteiger partial charge on any atom is 0.253 e. The highest BCUT2D eigenvalue weighted by molar-refractivity contribution is 5.94. The van der Waals surface area contributed by atoms with Gasteiger partial charge in [-0.15, -0.1) is 0 Å². The number of benzene rings is 1. The Hall–Kier alpha value is -2.43. The first-order chi connectivity index (χ1) is 12.7. The molecule has 2 aliphatic rings. The van der Waals surface area contributed by atoms with Crippen LogP contribution >= 0.6 is 0 Å². The lowest BCUT2D eigenvalue weighted by Gasteiger charge is -2.32. The van der Waals surface area contributed by atoms with E-state index in [-0.39, 0.29) is 5.91 Å². The number of aromatic nitrogens is 2. The molecule has 2 fully saturated rings. The lowest BCUT2D eigenvalue weighted by molar-refractivity contribution is 0.0706. The van der Waals surface area contributed by atoms with Crippen LogP contribution in [0.2, 0.25) is 0 Å². The normalized spacial score (nSPS) is 20.4. The van der Waals surface area contributed by atoms with Crippen LogP contribution in [0.4, 0.5) is 5.69 Å². The van der Waals surface area contributed by atoms with Gasteiger partial charge in [0, 0.05) is 55.2 Å². The number of likely N-dealkylation sites (tertiary alicyclic amines) is 1. The molecular weight excluding hydrogens is 324 g/mol. The molecule has 3 heterocycles. The molecule has 26 heavy (non-hydrogen) atoms. The van der Waals surface area contributed by atoms with E-state index in [1.807, 2.05) is 36.2 Å². The minimum Gasteiger partial charge on any atom is -0.372 e. The van der Waals surface area contributed by atoms with Gasteiger partial charge in [-0.25, -0.2) is 9.97 Å². The lowest BCUT2D eigenvalue weighted by atomic mass is 9.94.